The minimum Gasteiger partial charge on any atom is -0.444 e. The highest BCUT2D eigenvalue weighted by atomic mass is 16.6. The molecule has 0 aliphatic heterocycles. The Morgan fingerprint density at radius 2 is 1.80 bits per heavy atom. The quantitative estimate of drug-likeness (QED) is 0.443. The number of rotatable bonds is 4. The fourth-order valence-electron chi connectivity index (χ4n) is 0.897. The molecule has 0 saturated heterocycles. The van der Waals surface area contributed by atoms with Gasteiger partial charge < -0.3 is 4.74 Å². The van der Waals surface area contributed by atoms with Gasteiger partial charge in [0.05, 0.1) is 0 Å². The SMILES string of the molecule is C=C(C)C(=O)OC(C)NC(C)C(C)(C)C. The lowest BCUT2D eigenvalue weighted by Crippen LogP contribution is -2.44. The molecule has 3 nitrogen and oxygen atoms in total. The van der Waals surface area contributed by atoms with Crippen LogP contribution in [0.15, 0.2) is 12.2 Å². The van der Waals surface area contributed by atoms with E-state index in [9.17, 15) is 4.79 Å². The molecule has 2 unspecified atom stereocenters. The molecule has 1 N–H and O–H groups in total. The lowest BCUT2D eigenvalue weighted by atomic mass is 9.88. The molecule has 0 amide bonds. The van der Waals surface area contributed by atoms with Gasteiger partial charge in [-0.2, -0.15) is 0 Å². The van der Waals surface area contributed by atoms with Crippen molar-refractivity contribution in [3.05, 3.63) is 12.2 Å². The Labute approximate surface area is 92.9 Å². The van der Waals surface area contributed by atoms with Gasteiger partial charge >= 0.3 is 5.97 Å². The highest BCUT2D eigenvalue weighted by Crippen LogP contribution is 2.19. The molecular weight excluding hydrogens is 190 g/mol. The van der Waals surface area contributed by atoms with Crippen LogP contribution in [0.3, 0.4) is 0 Å². The van der Waals surface area contributed by atoms with Gasteiger partial charge in [0.2, 0.25) is 0 Å². The zero-order valence-electron chi connectivity index (χ0n) is 10.7. The predicted octanol–water partition coefficient (Wildman–Crippen LogP) is 2.48. The summed E-state index contributed by atoms with van der Waals surface area (Å²) in [7, 11) is 0. The average Bonchev–Trinajstić information content (AvgIpc) is 2.01. The molecule has 0 fully saturated rings. The Hall–Kier alpha value is -0.830. The van der Waals surface area contributed by atoms with Crippen molar-refractivity contribution >= 4 is 5.97 Å². The molecule has 0 spiro atoms. The van der Waals surface area contributed by atoms with E-state index in [-0.39, 0.29) is 23.7 Å². The first kappa shape index (κ1) is 14.2. The molecule has 0 heterocycles. The Morgan fingerprint density at radius 3 is 2.13 bits per heavy atom. The lowest BCUT2D eigenvalue weighted by molar-refractivity contribution is -0.145. The Kier molecular flexibility index (Phi) is 5.01. The van der Waals surface area contributed by atoms with Crippen LogP contribution in [0.2, 0.25) is 0 Å². The number of hydrogen-bond acceptors (Lipinski definition) is 3. The third-order valence-electron chi connectivity index (χ3n) is 2.42. The molecule has 88 valence electrons. The summed E-state index contributed by atoms with van der Waals surface area (Å²) < 4.78 is 5.13. The van der Waals surface area contributed by atoms with E-state index in [2.05, 4.69) is 39.6 Å². The second-order valence-electron chi connectivity index (χ2n) is 5.08. The maximum Gasteiger partial charge on any atom is 0.334 e. The molecule has 0 radical (unpaired) electrons. The zero-order chi connectivity index (χ0) is 12.2. The van der Waals surface area contributed by atoms with Crippen LogP contribution in [-0.2, 0) is 9.53 Å². The van der Waals surface area contributed by atoms with Crippen molar-refractivity contribution in [3.63, 3.8) is 0 Å². The molecule has 3 heteroatoms. The summed E-state index contributed by atoms with van der Waals surface area (Å²) in [5, 5.41) is 3.22. The highest BCUT2D eigenvalue weighted by Gasteiger charge is 2.22. The highest BCUT2D eigenvalue weighted by molar-refractivity contribution is 5.87. The van der Waals surface area contributed by atoms with E-state index < -0.39 is 0 Å². The van der Waals surface area contributed by atoms with Crippen molar-refractivity contribution in [2.24, 2.45) is 5.41 Å². The van der Waals surface area contributed by atoms with Crippen LogP contribution in [0.1, 0.15) is 41.5 Å². The second-order valence-corrected chi connectivity index (χ2v) is 5.08. The first-order chi connectivity index (χ1) is 6.64. The summed E-state index contributed by atoms with van der Waals surface area (Å²) in [6.07, 6.45) is -0.288. The van der Waals surface area contributed by atoms with Crippen LogP contribution < -0.4 is 5.32 Å². The van der Waals surface area contributed by atoms with E-state index >= 15 is 0 Å². The second kappa shape index (κ2) is 5.31. The van der Waals surface area contributed by atoms with Gasteiger partial charge in [-0.3, -0.25) is 5.32 Å². The smallest absolute Gasteiger partial charge is 0.334 e. The van der Waals surface area contributed by atoms with Gasteiger partial charge in [0.25, 0.3) is 0 Å². The van der Waals surface area contributed by atoms with Gasteiger partial charge in [-0.25, -0.2) is 4.79 Å². The predicted molar refractivity (Wildman–Crippen MR) is 62.4 cm³/mol. The maximum atomic E-state index is 11.2. The van der Waals surface area contributed by atoms with Gasteiger partial charge in [0, 0.05) is 11.6 Å². The van der Waals surface area contributed by atoms with Crippen molar-refractivity contribution < 1.29 is 9.53 Å². The molecule has 2 atom stereocenters. The molecule has 15 heavy (non-hydrogen) atoms. The standard InChI is InChI=1S/C12H23NO2/c1-8(2)11(14)15-10(4)13-9(3)12(5,6)7/h9-10,13H,1H2,2-7H3. The van der Waals surface area contributed by atoms with Crippen LogP contribution in [0.25, 0.3) is 0 Å². The number of nitrogens with one attached hydrogen (secondary N) is 1. The van der Waals surface area contributed by atoms with Crippen molar-refractivity contribution in [2.45, 2.75) is 53.8 Å². The molecular formula is C12H23NO2. The number of carbonyl (C=O) groups is 1. The summed E-state index contributed by atoms with van der Waals surface area (Å²) >= 11 is 0. The molecule has 0 aromatic carbocycles. The van der Waals surface area contributed by atoms with Crippen LogP contribution in [-0.4, -0.2) is 18.2 Å². The minimum atomic E-state index is -0.351. The Bertz CT molecular complexity index is 240. The maximum absolute atomic E-state index is 11.2. The summed E-state index contributed by atoms with van der Waals surface area (Å²) in [5.41, 5.74) is 0.566. The monoisotopic (exact) mass is 213 g/mol. The van der Waals surface area contributed by atoms with E-state index in [0.29, 0.717) is 5.57 Å². The fraction of sp³-hybridized carbons (Fsp3) is 0.750. The van der Waals surface area contributed by atoms with Crippen LogP contribution in [0, 0.1) is 5.41 Å². The summed E-state index contributed by atoms with van der Waals surface area (Å²) in [6.45, 7) is 15.5. The number of esters is 1. The van der Waals surface area contributed by atoms with Crippen molar-refractivity contribution in [3.8, 4) is 0 Å². The summed E-state index contributed by atoms with van der Waals surface area (Å²) in [6, 6.07) is 0.269. The Balaban J connectivity index is 4.10. The van der Waals surface area contributed by atoms with Gasteiger partial charge in [0.15, 0.2) is 6.23 Å². The van der Waals surface area contributed by atoms with Gasteiger partial charge in [-0.05, 0) is 26.2 Å². The van der Waals surface area contributed by atoms with E-state index in [1.54, 1.807) is 6.92 Å². The number of carbonyl (C=O) groups excluding carboxylic acids is 1. The topological polar surface area (TPSA) is 38.3 Å². The summed E-state index contributed by atoms with van der Waals surface area (Å²) in [4.78, 5) is 11.2. The van der Waals surface area contributed by atoms with Gasteiger partial charge in [-0.1, -0.05) is 27.4 Å². The molecule has 0 aliphatic rings. The minimum absolute atomic E-state index is 0.143. The molecule has 0 aromatic heterocycles. The largest absolute Gasteiger partial charge is 0.444 e. The fourth-order valence-corrected chi connectivity index (χ4v) is 0.897. The molecule has 0 aliphatic carbocycles. The third kappa shape index (κ3) is 5.57. The molecule has 0 rings (SSSR count). The first-order valence-corrected chi connectivity index (χ1v) is 5.27. The van der Waals surface area contributed by atoms with Gasteiger partial charge in [-0.15, -0.1) is 0 Å². The Morgan fingerprint density at radius 1 is 1.33 bits per heavy atom. The van der Waals surface area contributed by atoms with Crippen LogP contribution >= 0.6 is 0 Å². The van der Waals surface area contributed by atoms with Crippen LogP contribution in [0.5, 0.6) is 0 Å². The lowest BCUT2D eigenvalue weighted by Gasteiger charge is -2.30. The molecule has 0 bridgehead atoms. The van der Waals surface area contributed by atoms with Gasteiger partial charge in [0.1, 0.15) is 0 Å². The van der Waals surface area contributed by atoms with E-state index in [0.717, 1.165) is 0 Å². The van der Waals surface area contributed by atoms with E-state index in [1.807, 2.05) is 6.92 Å². The van der Waals surface area contributed by atoms with E-state index in [4.69, 9.17) is 4.74 Å². The third-order valence-corrected chi connectivity index (χ3v) is 2.42. The zero-order valence-corrected chi connectivity index (χ0v) is 10.7. The number of hydrogen-bond donors (Lipinski definition) is 1. The van der Waals surface area contributed by atoms with Crippen molar-refractivity contribution in [2.75, 3.05) is 0 Å². The van der Waals surface area contributed by atoms with E-state index in [1.165, 1.54) is 0 Å². The summed E-state index contributed by atoms with van der Waals surface area (Å²) in [5.74, 6) is -0.351. The van der Waals surface area contributed by atoms with Crippen molar-refractivity contribution in [1.29, 1.82) is 0 Å². The van der Waals surface area contributed by atoms with Crippen LogP contribution in [0.4, 0.5) is 0 Å². The normalized spacial score (nSPS) is 15.6. The first-order valence-electron chi connectivity index (χ1n) is 5.27. The number of ether oxygens (including phenoxy) is 1. The molecule has 0 saturated carbocycles. The molecule has 0 aromatic rings. The van der Waals surface area contributed by atoms with Crippen molar-refractivity contribution in [1.82, 2.24) is 5.32 Å². The average molecular weight is 213 g/mol.